The van der Waals surface area contributed by atoms with Crippen LogP contribution >= 0.6 is 0 Å². The van der Waals surface area contributed by atoms with Gasteiger partial charge in [-0.1, -0.05) is 23.4 Å². The molecule has 6 heteroatoms. The van der Waals surface area contributed by atoms with Crippen LogP contribution in [0.1, 0.15) is 42.9 Å². The molecule has 1 heterocycles. The summed E-state index contributed by atoms with van der Waals surface area (Å²) < 4.78 is 31.1. The van der Waals surface area contributed by atoms with Gasteiger partial charge in [-0.05, 0) is 37.3 Å². The van der Waals surface area contributed by atoms with Crippen LogP contribution in [0.3, 0.4) is 0 Å². The van der Waals surface area contributed by atoms with Crippen molar-refractivity contribution in [2.45, 2.75) is 43.4 Å². The molecule has 2 saturated carbocycles. The van der Waals surface area contributed by atoms with Gasteiger partial charge in [-0.3, -0.25) is 4.79 Å². The summed E-state index contributed by atoms with van der Waals surface area (Å²) in [4.78, 5) is 12.0. The third kappa shape index (κ3) is 2.41. The maximum atomic E-state index is 12.9. The summed E-state index contributed by atoms with van der Waals surface area (Å²) in [5.41, 5.74) is 6.74. The van der Waals surface area contributed by atoms with E-state index in [4.69, 9.17) is 10.3 Å². The average molecular weight is 332 g/mol. The lowest BCUT2D eigenvalue weighted by Crippen LogP contribution is -2.53. The second-order valence-electron chi connectivity index (χ2n) is 6.92. The summed E-state index contributed by atoms with van der Waals surface area (Å²) in [6.45, 7) is 0. The maximum Gasteiger partial charge on any atom is 0.241 e. The van der Waals surface area contributed by atoms with Crippen molar-refractivity contribution < 1.29 is 18.1 Å². The van der Waals surface area contributed by atoms with Crippen molar-refractivity contribution in [2.75, 3.05) is 0 Å². The Balaban J connectivity index is 1.64. The number of rotatable bonds is 5. The molecule has 2 aromatic rings. The van der Waals surface area contributed by atoms with Crippen LogP contribution in [0.5, 0.6) is 0 Å². The van der Waals surface area contributed by atoms with Gasteiger partial charge in [-0.2, -0.15) is 0 Å². The number of amides is 1. The van der Waals surface area contributed by atoms with E-state index in [9.17, 15) is 13.6 Å². The van der Waals surface area contributed by atoms with Crippen LogP contribution in [0.4, 0.5) is 8.78 Å². The molecular formula is C18H18F2N2O2. The number of hydrogen-bond acceptors (Lipinski definition) is 3. The monoisotopic (exact) mass is 332 g/mol. The fourth-order valence-corrected chi connectivity index (χ4v) is 3.55. The second kappa shape index (κ2) is 5.40. The first-order chi connectivity index (χ1) is 11.5. The average Bonchev–Trinajstić information content (AvgIpc) is 3.23. The summed E-state index contributed by atoms with van der Waals surface area (Å²) in [5, 5.41) is 4.09. The van der Waals surface area contributed by atoms with Crippen LogP contribution in [-0.4, -0.2) is 17.5 Å². The number of carbonyl (C=O) groups excluding carboxylic acids is 1. The smallest absolute Gasteiger partial charge is 0.241 e. The minimum Gasteiger partial charge on any atom is -0.369 e. The van der Waals surface area contributed by atoms with Crippen LogP contribution < -0.4 is 5.73 Å². The van der Waals surface area contributed by atoms with Crippen molar-refractivity contribution in [3.63, 3.8) is 0 Å². The fraction of sp³-hybridized carbons (Fsp3) is 0.444. The lowest BCUT2D eigenvalue weighted by atomic mass is 9.58. The molecule has 0 bridgehead atoms. The molecule has 0 aliphatic heterocycles. The summed E-state index contributed by atoms with van der Waals surface area (Å²) in [7, 11) is 0. The largest absolute Gasteiger partial charge is 0.369 e. The van der Waals surface area contributed by atoms with Gasteiger partial charge in [0.25, 0.3) is 0 Å². The van der Waals surface area contributed by atoms with Crippen molar-refractivity contribution in [1.82, 2.24) is 5.16 Å². The SMILES string of the molecule is NC(=O)C1(c2cccc(-c3cc(C4CC4)on3)c2)CC(C(F)F)C1. The van der Waals surface area contributed by atoms with Crippen LogP contribution in [0.25, 0.3) is 11.3 Å². The van der Waals surface area contributed by atoms with Gasteiger partial charge in [0.2, 0.25) is 12.3 Å². The summed E-state index contributed by atoms with van der Waals surface area (Å²) in [6, 6.07) is 9.18. The number of aromatic nitrogens is 1. The Kier molecular flexibility index (Phi) is 3.44. The van der Waals surface area contributed by atoms with Crippen molar-refractivity contribution in [2.24, 2.45) is 11.7 Å². The predicted molar refractivity (Wildman–Crippen MR) is 83.5 cm³/mol. The fourth-order valence-electron chi connectivity index (χ4n) is 3.55. The van der Waals surface area contributed by atoms with Gasteiger partial charge in [0.05, 0.1) is 5.41 Å². The molecule has 24 heavy (non-hydrogen) atoms. The molecule has 1 aromatic heterocycles. The Hall–Kier alpha value is -2.24. The highest BCUT2D eigenvalue weighted by atomic mass is 19.3. The van der Waals surface area contributed by atoms with Gasteiger partial charge >= 0.3 is 0 Å². The topological polar surface area (TPSA) is 69.1 Å². The van der Waals surface area contributed by atoms with Crippen LogP contribution in [0, 0.1) is 5.92 Å². The van der Waals surface area contributed by atoms with E-state index in [0.29, 0.717) is 17.2 Å². The molecular weight excluding hydrogens is 314 g/mol. The van der Waals surface area contributed by atoms with Gasteiger partial charge in [0, 0.05) is 23.5 Å². The number of carbonyl (C=O) groups is 1. The van der Waals surface area contributed by atoms with Gasteiger partial charge < -0.3 is 10.3 Å². The zero-order chi connectivity index (χ0) is 16.9. The molecule has 0 radical (unpaired) electrons. The van der Waals surface area contributed by atoms with Gasteiger partial charge in [-0.25, -0.2) is 8.78 Å². The Labute approximate surface area is 138 Å². The lowest BCUT2D eigenvalue weighted by molar-refractivity contribution is -0.132. The van der Waals surface area contributed by atoms with Gasteiger partial charge in [0.1, 0.15) is 11.5 Å². The number of nitrogens with two attached hydrogens (primary N) is 1. The van der Waals surface area contributed by atoms with Gasteiger partial charge in [0.15, 0.2) is 0 Å². The molecule has 1 aromatic carbocycles. The van der Waals surface area contributed by atoms with E-state index in [1.807, 2.05) is 18.2 Å². The predicted octanol–water partition coefficient (Wildman–Crippen LogP) is 3.62. The first-order valence-electron chi connectivity index (χ1n) is 8.15. The second-order valence-corrected chi connectivity index (χ2v) is 6.92. The van der Waals surface area contributed by atoms with E-state index in [1.165, 1.54) is 0 Å². The van der Waals surface area contributed by atoms with Crippen molar-refractivity contribution in [1.29, 1.82) is 0 Å². The Bertz CT molecular complexity index is 777. The quantitative estimate of drug-likeness (QED) is 0.909. The van der Waals surface area contributed by atoms with Crippen LogP contribution in [0.2, 0.25) is 0 Å². The number of hydrogen-bond donors (Lipinski definition) is 1. The summed E-state index contributed by atoms with van der Waals surface area (Å²) in [5.74, 6) is 0.0244. The van der Waals surface area contributed by atoms with E-state index in [-0.39, 0.29) is 12.8 Å². The van der Waals surface area contributed by atoms with Crippen molar-refractivity contribution >= 4 is 5.91 Å². The molecule has 0 atom stereocenters. The molecule has 4 nitrogen and oxygen atoms in total. The zero-order valence-corrected chi connectivity index (χ0v) is 13.0. The minimum absolute atomic E-state index is 0.0929. The molecule has 1 amide bonds. The Morgan fingerprint density at radius 2 is 2.04 bits per heavy atom. The van der Waals surface area contributed by atoms with E-state index < -0.39 is 23.7 Å². The maximum absolute atomic E-state index is 12.9. The number of nitrogens with zero attached hydrogens (tertiary/aromatic N) is 1. The molecule has 126 valence electrons. The van der Waals surface area contributed by atoms with Crippen LogP contribution in [0.15, 0.2) is 34.9 Å². The van der Waals surface area contributed by atoms with E-state index in [1.54, 1.807) is 12.1 Å². The molecule has 0 spiro atoms. The number of alkyl halides is 2. The molecule has 2 N–H and O–H groups in total. The van der Waals surface area contributed by atoms with E-state index >= 15 is 0 Å². The molecule has 0 saturated heterocycles. The summed E-state index contributed by atoms with van der Waals surface area (Å²) >= 11 is 0. The Morgan fingerprint density at radius 1 is 1.29 bits per heavy atom. The first-order valence-corrected chi connectivity index (χ1v) is 8.15. The van der Waals surface area contributed by atoms with Crippen molar-refractivity contribution in [3.05, 3.63) is 41.7 Å². The van der Waals surface area contributed by atoms with Crippen molar-refractivity contribution in [3.8, 4) is 11.3 Å². The molecule has 4 rings (SSSR count). The number of primary amides is 1. The molecule has 0 unspecified atom stereocenters. The zero-order valence-electron chi connectivity index (χ0n) is 13.0. The normalized spacial score (nSPS) is 26.4. The third-order valence-corrected chi connectivity index (χ3v) is 5.27. The third-order valence-electron chi connectivity index (χ3n) is 5.27. The highest BCUT2D eigenvalue weighted by Gasteiger charge is 2.53. The standard InChI is InChI=1S/C18H18F2N2O2/c19-16(20)12-8-18(9-12,17(21)23)13-3-1-2-11(6-13)14-7-15(24-22-14)10-4-5-10/h1-3,6-7,10,12,16H,4-5,8-9H2,(H2,21,23). The van der Waals surface area contributed by atoms with E-state index in [0.717, 1.165) is 24.2 Å². The Morgan fingerprint density at radius 3 is 2.67 bits per heavy atom. The molecule has 2 aliphatic carbocycles. The molecule has 2 aliphatic rings. The van der Waals surface area contributed by atoms with Gasteiger partial charge in [-0.15, -0.1) is 0 Å². The first kappa shape index (κ1) is 15.3. The summed E-state index contributed by atoms with van der Waals surface area (Å²) in [6.07, 6.45) is 0.00557. The van der Waals surface area contributed by atoms with E-state index in [2.05, 4.69) is 5.16 Å². The molecule has 2 fully saturated rings. The highest BCUT2D eigenvalue weighted by Crippen LogP contribution is 2.50. The number of benzene rings is 1. The van der Waals surface area contributed by atoms with Crippen LogP contribution in [-0.2, 0) is 10.2 Å². The highest BCUT2D eigenvalue weighted by molar-refractivity contribution is 5.88. The number of halogens is 2. The lowest BCUT2D eigenvalue weighted by Gasteiger charge is -2.45. The minimum atomic E-state index is -2.42.